The van der Waals surface area contributed by atoms with Crippen LogP contribution in [0.4, 0.5) is 0 Å². The zero-order chi connectivity index (χ0) is 10.7. The predicted octanol–water partition coefficient (Wildman–Crippen LogP) is 3.67. The number of Topliss-reactive ketones (excluding diaryl/α,β-unsaturated/α-hetero) is 1. The van der Waals surface area contributed by atoms with E-state index >= 15 is 0 Å². The first-order valence-electron chi connectivity index (χ1n) is 4.92. The van der Waals surface area contributed by atoms with E-state index in [1.54, 1.807) is 6.92 Å². The molecule has 0 saturated heterocycles. The van der Waals surface area contributed by atoms with Crippen molar-refractivity contribution in [2.45, 2.75) is 33.6 Å². The van der Waals surface area contributed by atoms with Crippen LogP contribution in [0.3, 0.4) is 0 Å². The van der Waals surface area contributed by atoms with Crippen LogP contribution in [-0.2, 0) is 12.8 Å². The van der Waals surface area contributed by atoms with Gasteiger partial charge in [0, 0.05) is 10.6 Å². The van der Waals surface area contributed by atoms with Crippen LogP contribution < -0.4 is 0 Å². The lowest BCUT2D eigenvalue weighted by Gasteiger charge is -2.10. The fourth-order valence-electron chi connectivity index (χ4n) is 1.74. The zero-order valence-corrected chi connectivity index (χ0v) is 9.61. The van der Waals surface area contributed by atoms with Gasteiger partial charge in [0.15, 0.2) is 5.78 Å². The maximum atomic E-state index is 11.5. The summed E-state index contributed by atoms with van der Waals surface area (Å²) in [6.07, 6.45) is 1.70. The highest BCUT2D eigenvalue weighted by Gasteiger charge is 2.11. The molecule has 0 aliphatic rings. The third-order valence-corrected chi connectivity index (χ3v) is 2.60. The molecule has 14 heavy (non-hydrogen) atoms. The Balaban J connectivity index is 3.40. The SMILES string of the molecule is CCc1cc(Cl)cc(CC)c1C(C)=O. The molecule has 1 rings (SSSR count). The number of hydrogen-bond acceptors (Lipinski definition) is 1. The molecule has 0 aromatic heterocycles. The minimum Gasteiger partial charge on any atom is -0.294 e. The third kappa shape index (κ3) is 2.16. The molecular weight excluding hydrogens is 196 g/mol. The minimum absolute atomic E-state index is 0.135. The average molecular weight is 211 g/mol. The summed E-state index contributed by atoms with van der Waals surface area (Å²) in [7, 11) is 0. The number of halogens is 1. The molecule has 1 nitrogen and oxygen atoms in total. The van der Waals surface area contributed by atoms with Gasteiger partial charge in [0.25, 0.3) is 0 Å². The number of carbonyl (C=O) groups is 1. The summed E-state index contributed by atoms with van der Waals surface area (Å²) in [6.45, 7) is 5.69. The van der Waals surface area contributed by atoms with Gasteiger partial charge < -0.3 is 0 Å². The van der Waals surface area contributed by atoms with Crippen LogP contribution in [0.5, 0.6) is 0 Å². The number of ketones is 1. The van der Waals surface area contributed by atoms with E-state index in [1.807, 2.05) is 26.0 Å². The van der Waals surface area contributed by atoms with Crippen molar-refractivity contribution in [2.75, 3.05) is 0 Å². The summed E-state index contributed by atoms with van der Waals surface area (Å²) in [4.78, 5) is 11.5. The summed E-state index contributed by atoms with van der Waals surface area (Å²) < 4.78 is 0. The molecule has 1 aromatic carbocycles. The van der Waals surface area contributed by atoms with Crippen LogP contribution >= 0.6 is 11.6 Å². The van der Waals surface area contributed by atoms with Gasteiger partial charge in [-0.2, -0.15) is 0 Å². The lowest BCUT2D eigenvalue weighted by Crippen LogP contribution is -2.04. The van der Waals surface area contributed by atoms with Crippen LogP contribution in [0.2, 0.25) is 5.02 Å². The van der Waals surface area contributed by atoms with Gasteiger partial charge in [0.2, 0.25) is 0 Å². The highest BCUT2D eigenvalue weighted by molar-refractivity contribution is 6.30. The number of hydrogen-bond donors (Lipinski definition) is 0. The van der Waals surface area contributed by atoms with Crippen molar-refractivity contribution in [2.24, 2.45) is 0 Å². The van der Waals surface area contributed by atoms with Crippen molar-refractivity contribution < 1.29 is 4.79 Å². The van der Waals surface area contributed by atoms with Crippen molar-refractivity contribution in [1.82, 2.24) is 0 Å². The van der Waals surface area contributed by atoms with E-state index in [1.165, 1.54) is 0 Å². The van der Waals surface area contributed by atoms with Gasteiger partial charge in [0.05, 0.1) is 0 Å². The Labute approximate surface area is 90.1 Å². The second-order valence-corrected chi connectivity index (χ2v) is 3.80. The van der Waals surface area contributed by atoms with Gasteiger partial charge in [-0.3, -0.25) is 4.79 Å². The highest BCUT2D eigenvalue weighted by Crippen LogP contribution is 2.22. The van der Waals surface area contributed by atoms with E-state index in [4.69, 9.17) is 11.6 Å². The maximum Gasteiger partial charge on any atom is 0.160 e. The van der Waals surface area contributed by atoms with E-state index in [2.05, 4.69) is 0 Å². The Morgan fingerprint density at radius 3 is 1.93 bits per heavy atom. The molecule has 0 heterocycles. The highest BCUT2D eigenvalue weighted by atomic mass is 35.5. The van der Waals surface area contributed by atoms with Crippen LogP contribution in [0.15, 0.2) is 12.1 Å². The Hall–Kier alpha value is -0.820. The van der Waals surface area contributed by atoms with Crippen molar-refractivity contribution in [3.8, 4) is 0 Å². The van der Waals surface area contributed by atoms with Crippen molar-refractivity contribution in [3.05, 3.63) is 33.8 Å². The molecule has 0 radical (unpaired) electrons. The summed E-state index contributed by atoms with van der Waals surface area (Å²) in [5, 5.41) is 0.726. The van der Waals surface area contributed by atoms with E-state index < -0.39 is 0 Å². The van der Waals surface area contributed by atoms with Gasteiger partial charge in [-0.05, 0) is 43.0 Å². The maximum absolute atomic E-state index is 11.5. The Morgan fingerprint density at radius 2 is 1.64 bits per heavy atom. The summed E-state index contributed by atoms with van der Waals surface area (Å²) in [5.41, 5.74) is 2.98. The molecule has 2 heteroatoms. The van der Waals surface area contributed by atoms with E-state index in [0.29, 0.717) is 0 Å². The average Bonchev–Trinajstić information content (AvgIpc) is 2.15. The topological polar surface area (TPSA) is 17.1 Å². The fraction of sp³-hybridized carbons (Fsp3) is 0.417. The van der Waals surface area contributed by atoms with E-state index in [9.17, 15) is 4.79 Å². The molecular formula is C12H15ClO. The molecule has 0 spiro atoms. The number of benzene rings is 1. The number of aryl methyl sites for hydroxylation is 2. The third-order valence-electron chi connectivity index (χ3n) is 2.38. The summed E-state index contributed by atoms with van der Waals surface area (Å²) >= 11 is 5.97. The Bertz CT molecular complexity index is 330. The molecule has 0 bridgehead atoms. The first-order chi connectivity index (χ1) is 6.60. The second kappa shape index (κ2) is 4.61. The first kappa shape index (κ1) is 11.3. The molecule has 1 aromatic rings. The van der Waals surface area contributed by atoms with Gasteiger partial charge >= 0.3 is 0 Å². The number of carbonyl (C=O) groups excluding carboxylic acids is 1. The molecule has 0 unspecified atom stereocenters. The normalized spacial score (nSPS) is 10.3. The van der Waals surface area contributed by atoms with E-state index in [-0.39, 0.29) is 5.78 Å². The Kier molecular flexibility index (Phi) is 3.70. The second-order valence-electron chi connectivity index (χ2n) is 3.36. The molecule has 0 fully saturated rings. The minimum atomic E-state index is 0.135. The molecule has 0 aliphatic carbocycles. The fourth-order valence-corrected chi connectivity index (χ4v) is 2.00. The van der Waals surface area contributed by atoms with Crippen LogP contribution in [0, 0.1) is 0 Å². The van der Waals surface area contributed by atoms with Crippen LogP contribution in [0.1, 0.15) is 42.3 Å². The summed E-state index contributed by atoms with van der Waals surface area (Å²) in [5.74, 6) is 0.135. The lowest BCUT2D eigenvalue weighted by atomic mass is 9.95. The van der Waals surface area contributed by atoms with Gasteiger partial charge in [-0.1, -0.05) is 25.4 Å². The quantitative estimate of drug-likeness (QED) is 0.696. The monoisotopic (exact) mass is 210 g/mol. The van der Waals surface area contributed by atoms with E-state index in [0.717, 1.165) is 34.6 Å². The smallest absolute Gasteiger partial charge is 0.160 e. The van der Waals surface area contributed by atoms with Crippen LogP contribution in [0.25, 0.3) is 0 Å². The molecule has 0 amide bonds. The van der Waals surface area contributed by atoms with Gasteiger partial charge in [-0.15, -0.1) is 0 Å². The van der Waals surface area contributed by atoms with Gasteiger partial charge in [-0.25, -0.2) is 0 Å². The number of rotatable bonds is 3. The van der Waals surface area contributed by atoms with Crippen molar-refractivity contribution >= 4 is 17.4 Å². The largest absolute Gasteiger partial charge is 0.294 e. The van der Waals surface area contributed by atoms with Gasteiger partial charge in [0.1, 0.15) is 0 Å². The molecule has 0 atom stereocenters. The first-order valence-corrected chi connectivity index (χ1v) is 5.30. The Morgan fingerprint density at radius 1 is 1.21 bits per heavy atom. The standard InChI is InChI=1S/C12H15ClO/c1-4-9-6-11(13)7-10(5-2)12(9)8(3)14/h6-7H,4-5H2,1-3H3. The van der Waals surface area contributed by atoms with Crippen LogP contribution in [-0.4, -0.2) is 5.78 Å². The van der Waals surface area contributed by atoms with Crippen molar-refractivity contribution in [3.63, 3.8) is 0 Å². The summed E-state index contributed by atoms with van der Waals surface area (Å²) in [6, 6.07) is 3.77. The van der Waals surface area contributed by atoms with Crippen molar-refractivity contribution in [1.29, 1.82) is 0 Å². The zero-order valence-electron chi connectivity index (χ0n) is 8.86. The molecule has 0 saturated carbocycles. The molecule has 0 aliphatic heterocycles. The molecule has 76 valence electrons. The lowest BCUT2D eigenvalue weighted by molar-refractivity contribution is 0.101. The molecule has 0 N–H and O–H groups in total. The predicted molar refractivity (Wildman–Crippen MR) is 60.2 cm³/mol.